The van der Waals surface area contributed by atoms with Gasteiger partial charge in [-0.3, -0.25) is 14.4 Å². The van der Waals surface area contributed by atoms with Crippen molar-refractivity contribution in [3.8, 4) is 11.5 Å². The van der Waals surface area contributed by atoms with E-state index in [1.807, 2.05) is 30.3 Å². The number of anilines is 2. The molecule has 2 aliphatic rings. The molecule has 170 valence electrons. The van der Waals surface area contributed by atoms with E-state index in [0.717, 1.165) is 36.8 Å². The van der Waals surface area contributed by atoms with Crippen LogP contribution < -0.4 is 36.3 Å². The summed E-state index contributed by atoms with van der Waals surface area (Å²) in [5, 5.41) is 9.20. The normalized spacial score (nSPS) is 15.0. The van der Waals surface area contributed by atoms with Gasteiger partial charge in [0.25, 0.3) is 16.8 Å². The molecule has 1 saturated carbocycles. The average Bonchev–Trinajstić information content (AvgIpc) is 3.53. The molecule has 1 heterocycles. The van der Waals surface area contributed by atoms with Gasteiger partial charge in [-0.05, 0) is 48.2 Å². The quantitative estimate of drug-likeness (QED) is 0.456. The summed E-state index contributed by atoms with van der Waals surface area (Å²) < 4.78 is 10.7. The highest BCUT2D eigenvalue weighted by Crippen LogP contribution is 2.32. The number of carbonyl (C=O) groups is 1. The van der Waals surface area contributed by atoms with Crippen LogP contribution in [0.25, 0.3) is 0 Å². The first kappa shape index (κ1) is 21.1. The third-order valence-electron chi connectivity index (χ3n) is 6.19. The fourth-order valence-corrected chi connectivity index (χ4v) is 4.27. The number of carbonyl (C=O) groups excluding carboxylic acids is 1. The van der Waals surface area contributed by atoms with E-state index in [0.29, 0.717) is 41.5 Å². The van der Waals surface area contributed by atoms with E-state index in [4.69, 9.17) is 9.47 Å². The van der Waals surface area contributed by atoms with Crippen LogP contribution in [0.1, 0.15) is 47.2 Å². The zero-order valence-electron chi connectivity index (χ0n) is 18.1. The Morgan fingerprint density at radius 2 is 1.55 bits per heavy atom. The topological polar surface area (TPSA) is 106 Å². The van der Waals surface area contributed by atoms with Crippen molar-refractivity contribution >= 4 is 17.3 Å². The Balaban J connectivity index is 1.15. The molecular formula is C25H25N3O5. The van der Waals surface area contributed by atoms with Gasteiger partial charge in [-0.25, -0.2) is 0 Å². The Hall–Kier alpha value is -3.81. The maximum Gasteiger partial charge on any atom is 0.253 e. The van der Waals surface area contributed by atoms with Gasteiger partial charge in [0, 0.05) is 24.7 Å². The van der Waals surface area contributed by atoms with Crippen LogP contribution in [0, 0.1) is 0 Å². The third-order valence-corrected chi connectivity index (χ3v) is 6.19. The fraction of sp³-hybridized carbons (Fsp3) is 0.320. The predicted molar refractivity (Wildman–Crippen MR) is 125 cm³/mol. The lowest BCUT2D eigenvalue weighted by Crippen LogP contribution is -2.39. The first-order valence-electron chi connectivity index (χ1n) is 11.2. The molecule has 8 nitrogen and oxygen atoms in total. The first-order valence-corrected chi connectivity index (χ1v) is 11.2. The number of amides is 1. The van der Waals surface area contributed by atoms with Crippen molar-refractivity contribution < 1.29 is 14.3 Å². The van der Waals surface area contributed by atoms with Gasteiger partial charge in [0.05, 0.1) is 0 Å². The summed E-state index contributed by atoms with van der Waals surface area (Å²) in [5.41, 5.74) is 2.21. The van der Waals surface area contributed by atoms with E-state index < -0.39 is 10.9 Å². The molecule has 3 aromatic rings. The van der Waals surface area contributed by atoms with Gasteiger partial charge < -0.3 is 25.4 Å². The minimum absolute atomic E-state index is 0.183. The Morgan fingerprint density at radius 3 is 2.33 bits per heavy atom. The summed E-state index contributed by atoms with van der Waals surface area (Å²) in [7, 11) is 0. The van der Waals surface area contributed by atoms with Crippen molar-refractivity contribution in [2.75, 3.05) is 17.4 Å². The average molecular weight is 447 g/mol. The van der Waals surface area contributed by atoms with Crippen molar-refractivity contribution in [2.24, 2.45) is 0 Å². The van der Waals surface area contributed by atoms with Gasteiger partial charge in [0.15, 0.2) is 11.5 Å². The smallest absolute Gasteiger partial charge is 0.253 e. The van der Waals surface area contributed by atoms with Crippen molar-refractivity contribution in [2.45, 2.75) is 44.8 Å². The lowest BCUT2D eigenvalue weighted by atomic mass is 10.1. The third kappa shape index (κ3) is 4.41. The van der Waals surface area contributed by atoms with Crippen LogP contribution in [0.5, 0.6) is 11.5 Å². The molecule has 5 rings (SSSR count). The van der Waals surface area contributed by atoms with Crippen LogP contribution in [-0.4, -0.2) is 18.7 Å². The Labute approximate surface area is 190 Å². The predicted octanol–water partition coefficient (Wildman–Crippen LogP) is 2.91. The molecule has 0 radical (unpaired) electrons. The molecule has 3 N–H and O–H groups in total. The molecule has 1 fully saturated rings. The molecule has 0 atom stereocenters. The molecule has 0 aromatic heterocycles. The summed E-state index contributed by atoms with van der Waals surface area (Å²) in [5.74, 6) is 1.21. The summed E-state index contributed by atoms with van der Waals surface area (Å²) in [6.45, 7) is 0.982. The van der Waals surface area contributed by atoms with Crippen LogP contribution in [0.3, 0.4) is 0 Å². The summed E-state index contributed by atoms with van der Waals surface area (Å²) in [6.07, 6.45) is 4.34. The van der Waals surface area contributed by atoms with Crippen molar-refractivity contribution in [1.82, 2.24) is 5.32 Å². The largest absolute Gasteiger partial charge is 0.454 e. The van der Waals surface area contributed by atoms with Crippen LogP contribution in [-0.2, 0) is 13.1 Å². The van der Waals surface area contributed by atoms with E-state index >= 15 is 0 Å². The number of benzene rings is 2. The summed E-state index contributed by atoms with van der Waals surface area (Å²) in [4.78, 5) is 36.4. The van der Waals surface area contributed by atoms with Gasteiger partial charge in [-0.2, -0.15) is 0 Å². The van der Waals surface area contributed by atoms with E-state index in [-0.39, 0.29) is 18.7 Å². The molecule has 1 amide bonds. The van der Waals surface area contributed by atoms with E-state index in [2.05, 4.69) is 16.0 Å². The monoisotopic (exact) mass is 447 g/mol. The fourth-order valence-electron chi connectivity index (χ4n) is 4.27. The molecule has 0 saturated heterocycles. The molecule has 0 unspecified atom stereocenters. The molecule has 1 aliphatic carbocycles. The second kappa shape index (κ2) is 8.97. The summed E-state index contributed by atoms with van der Waals surface area (Å²) >= 11 is 0. The highest BCUT2D eigenvalue weighted by atomic mass is 16.7. The van der Waals surface area contributed by atoms with Crippen molar-refractivity contribution in [3.05, 3.63) is 79.6 Å². The Kier molecular flexibility index (Phi) is 5.73. The number of hydrogen-bond donors (Lipinski definition) is 3. The van der Waals surface area contributed by atoms with E-state index in [9.17, 15) is 14.4 Å². The maximum atomic E-state index is 12.5. The van der Waals surface area contributed by atoms with Gasteiger partial charge in [-0.15, -0.1) is 0 Å². The SMILES string of the molecule is O=C(NCc1ccc2c(c1)OCO2)c1ccc(CNc2c(NC3CCCC3)c(=O)c2=O)cc1. The zero-order valence-corrected chi connectivity index (χ0v) is 18.1. The van der Waals surface area contributed by atoms with Gasteiger partial charge in [0.1, 0.15) is 11.4 Å². The van der Waals surface area contributed by atoms with Crippen LogP contribution in [0.4, 0.5) is 11.4 Å². The molecule has 8 heteroatoms. The summed E-state index contributed by atoms with van der Waals surface area (Å²) in [6, 6.07) is 13.0. The maximum absolute atomic E-state index is 12.5. The number of ether oxygens (including phenoxy) is 2. The number of hydrogen-bond acceptors (Lipinski definition) is 7. The van der Waals surface area contributed by atoms with E-state index in [1.165, 1.54) is 0 Å². The van der Waals surface area contributed by atoms with Crippen molar-refractivity contribution in [3.63, 3.8) is 0 Å². The molecule has 33 heavy (non-hydrogen) atoms. The molecule has 1 aliphatic heterocycles. The van der Waals surface area contributed by atoms with E-state index in [1.54, 1.807) is 12.1 Å². The van der Waals surface area contributed by atoms with Crippen LogP contribution >= 0.6 is 0 Å². The molecular weight excluding hydrogens is 422 g/mol. The zero-order chi connectivity index (χ0) is 22.8. The Bertz CT molecular complexity index is 1240. The number of nitrogens with one attached hydrogen (secondary N) is 3. The molecule has 0 spiro atoms. The van der Waals surface area contributed by atoms with Gasteiger partial charge in [0.2, 0.25) is 6.79 Å². The second-order valence-corrected chi connectivity index (χ2v) is 8.45. The Morgan fingerprint density at radius 1 is 0.848 bits per heavy atom. The van der Waals surface area contributed by atoms with Gasteiger partial charge >= 0.3 is 0 Å². The molecule has 3 aromatic carbocycles. The highest BCUT2D eigenvalue weighted by Gasteiger charge is 2.24. The lowest BCUT2D eigenvalue weighted by Gasteiger charge is -2.18. The minimum Gasteiger partial charge on any atom is -0.454 e. The number of fused-ring (bicyclic) bond motifs is 1. The molecule has 0 bridgehead atoms. The standard InChI is InChI=1S/C25H25N3O5/c29-23-21(22(24(23)30)28-18-3-1-2-4-18)26-12-15-5-8-17(9-6-15)25(31)27-13-16-7-10-19-20(11-16)33-14-32-19/h5-11,18,26,28H,1-4,12-14H2,(H,27,31). The van der Waals surface area contributed by atoms with Crippen LogP contribution in [0.15, 0.2) is 52.1 Å². The minimum atomic E-state index is -0.477. The highest BCUT2D eigenvalue weighted by molar-refractivity contribution is 5.94. The van der Waals surface area contributed by atoms with Crippen molar-refractivity contribution in [1.29, 1.82) is 0 Å². The van der Waals surface area contributed by atoms with Crippen LogP contribution in [0.2, 0.25) is 0 Å². The lowest BCUT2D eigenvalue weighted by molar-refractivity contribution is 0.0951. The second-order valence-electron chi connectivity index (χ2n) is 8.45. The first-order chi connectivity index (χ1) is 16.1. The van der Waals surface area contributed by atoms with Gasteiger partial charge in [-0.1, -0.05) is 31.0 Å². The number of rotatable bonds is 8.